The third kappa shape index (κ3) is 6.07. The summed E-state index contributed by atoms with van der Waals surface area (Å²) in [5.41, 5.74) is 3.49. The lowest BCUT2D eigenvalue weighted by atomic mass is 10.1. The number of hydrogen-bond acceptors (Lipinski definition) is 3. The fourth-order valence-electron chi connectivity index (χ4n) is 3.61. The van der Waals surface area contributed by atoms with Crippen molar-refractivity contribution in [2.45, 2.75) is 72.2 Å². The van der Waals surface area contributed by atoms with Gasteiger partial charge in [0, 0.05) is 37.6 Å². The van der Waals surface area contributed by atoms with Crippen LogP contribution in [0.2, 0.25) is 0 Å². The van der Waals surface area contributed by atoms with Crippen LogP contribution < -0.4 is 5.32 Å². The molecule has 2 amide bonds. The number of amides is 2. The van der Waals surface area contributed by atoms with Crippen molar-refractivity contribution in [3.8, 4) is 0 Å². The van der Waals surface area contributed by atoms with E-state index in [1.807, 2.05) is 38.1 Å². The van der Waals surface area contributed by atoms with E-state index in [-0.39, 0.29) is 17.7 Å². The van der Waals surface area contributed by atoms with Crippen LogP contribution in [0.4, 0.5) is 4.79 Å². The number of aromatic nitrogens is 2. The fraction of sp³-hybridized carbons (Fsp3) is 0.565. The zero-order chi connectivity index (χ0) is 21.0. The van der Waals surface area contributed by atoms with Gasteiger partial charge in [-0.1, -0.05) is 23.8 Å². The van der Waals surface area contributed by atoms with Gasteiger partial charge in [0.25, 0.3) is 0 Å². The van der Waals surface area contributed by atoms with E-state index >= 15 is 0 Å². The minimum Gasteiger partial charge on any atom is -0.376 e. The lowest BCUT2D eigenvalue weighted by Crippen LogP contribution is -2.50. The van der Waals surface area contributed by atoms with Crippen LogP contribution >= 0.6 is 0 Å². The highest BCUT2D eigenvalue weighted by Gasteiger charge is 2.26. The first-order valence-electron chi connectivity index (χ1n) is 10.5. The van der Waals surface area contributed by atoms with Gasteiger partial charge < -0.3 is 19.5 Å². The molecule has 0 aliphatic carbocycles. The molecule has 29 heavy (non-hydrogen) atoms. The number of carbonyl (C=O) groups is 1. The molecule has 1 aliphatic rings. The summed E-state index contributed by atoms with van der Waals surface area (Å²) >= 11 is 0. The Labute approximate surface area is 174 Å². The Morgan fingerprint density at radius 2 is 2.14 bits per heavy atom. The van der Waals surface area contributed by atoms with E-state index in [9.17, 15) is 4.79 Å². The number of nitrogens with zero attached hydrogens (tertiary/aromatic N) is 3. The van der Waals surface area contributed by atoms with Gasteiger partial charge in [0.1, 0.15) is 5.82 Å². The highest BCUT2D eigenvalue weighted by atomic mass is 16.5. The van der Waals surface area contributed by atoms with E-state index < -0.39 is 0 Å². The second kappa shape index (κ2) is 8.99. The van der Waals surface area contributed by atoms with Crippen molar-refractivity contribution in [3.63, 3.8) is 0 Å². The van der Waals surface area contributed by atoms with Crippen molar-refractivity contribution < 1.29 is 9.53 Å². The van der Waals surface area contributed by atoms with E-state index in [1.165, 1.54) is 16.7 Å². The van der Waals surface area contributed by atoms with Gasteiger partial charge in [-0.3, -0.25) is 0 Å². The van der Waals surface area contributed by atoms with Crippen LogP contribution in [0.3, 0.4) is 0 Å². The summed E-state index contributed by atoms with van der Waals surface area (Å²) in [4.78, 5) is 19.4. The van der Waals surface area contributed by atoms with Crippen molar-refractivity contribution in [1.82, 2.24) is 19.8 Å². The molecule has 1 fully saturated rings. The number of ether oxygens (including phenoxy) is 1. The zero-order valence-electron chi connectivity index (χ0n) is 18.4. The van der Waals surface area contributed by atoms with Gasteiger partial charge in [-0.2, -0.15) is 0 Å². The Kier molecular flexibility index (Phi) is 6.63. The van der Waals surface area contributed by atoms with Gasteiger partial charge in [-0.15, -0.1) is 0 Å². The molecule has 0 radical (unpaired) electrons. The average Bonchev–Trinajstić information content (AvgIpc) is 3.28. The van der Waals surface area contributed by atoms with Crippen LogP contribution in [0.5, 0.6) is 0 Å². The fourth-order valence-corrected chi connectivity index (χ4v) is 3.61. The molecule has 1 aliphatic heterocycles. The van der Waals surface area contributed by atoms with E-state index in [2.05, 4.69) is 46.9 Å². The molecule has 1 saturated heterocycles. The average molecular weight is 399 g/mol. The first-order valence-corrected chi connectivity index (χ1v) is 10.5. The van der Waals surface area contributed by atoms with Crippen LogP contribution in [0.1, 0.15) is 56.1 Å². The van der Waals surface area contributed by atoms with Crippen molar-refractivity contribution in [2.75, 3.05) is 13.2 Å². The van der Waals surface area contributed by atoms with E-state index in [4.69, 9.17) is 4.74 Å². The second-order valence-corrected chi connectivity index (χ2v) is 9.10. The Balaban J connectivity index is 1.77. The van der Waals surface area contributed by atoms with Crippen LogP contribution in [0, 0.1) is 13.8 Å². The molecule has 1 aromatic carbocycles. The summed E-state index contributed by atoms with van der Waals surface area (Å²) in [7, 11) is 0. The molecule has 2 heterocycles. The molecule has 1 aromatic heterocycles. The molecule has 2 aromatic rings. The SMILES string of the molecule is Cc1ccc(C)c(Cn2ccnc2CN(C[C@H]2CCCO2)C(=O)NC(C)(C)C)c1. The predicted octanol–water partition coefficient (Wildman–Crippen LogP) is 4.04. The molecule has 0 unspecified atom stereocenters. The predicted molar refractivity (Wildman–Crippen MR) is 115 cm³/mol. The largest absolute Gasteiger partial charge is 0.376 e. The number of urea groups is 1. The highest BCUT2D eigenvalue weighted by molar-refractivity contribution is 5.74. The standard InChI is InChI=1S/C23H34N4O2/c1-17-8-9-18(2)19(13-17)14-26-11-10-24-21(26)16-27(15-20-7-6-12-29-20)22(28)25-23(3,4)5/h8-11,13,20H,6-7,12,14-16H2,1-5H3,(H,25,28)/t20-/m1/s1. The van der Waals surface area contributed by atoms with Crippen LogP contribution in [0.15, 0.2) is 30.6 Å². The van der Waals surface area contributed by atoms with Gasteiger partial charge in [-0.05, 0) is 58.6 Å². The molecule has 0 bridgehead atoms. The lowest BCUT2D eigenvalue weighted by molar-refractivity contribution is 0.0772. The molecule has 1 N–H and O–H groups in total. The maximum atomic E-state index is 13.0. The normalized spacial score (nSPS) is 16.8. The number of aryl methyl sites for hydroxylation is 2. The summed E-state index contributed by atoms with van der Waals surface area (Å²) in [5, 5.41) is 3.09. The first kappa shape index (κ1) is 21.4. The van der Waals surface area contributed by atoms with Crippen molar-refractivity contribution in [3.05, 3.63) is 53.1 Å². The summed E-state index contributed by atoms with van der Waals surface area (Å²) in [5.74, 6) is 0.882. The molecule has 3 rings (SSSR count). The molecule has 6 heteroatoms. The Bertz CT molecular complexity index is 832. The maximum absolute atomic E-state index is 13.0. The Hall–Kier alpha value is -2.34. The van der Waals surface area contributed by atoms with E-state index in [0.717, 1.165) is 31.8 Å². The van der Waals surface area contributed by atoms with Crippen LogP contribution in [0.25, 0.3) is 0 Å². The monoisotopic (exact) mass is 398 g/mol. The van der Waals surface area contributed by atoms with Gasteiger partial charge in [0.05, 0.1) is 12.6 Å². The van der Waals surface area contributed by atoms with Gasteiger partial charge in [0.15, 0.2) is 0 Å². The third-order valence-electron chi connectivity index (χ3n) is 5.20. The third-order valence-corrected chi connectivity index (χ3v) is 5.20. The number of hydrogen-bond donors (Lipinski definition) is 1. The van der Waals surface area contributed by atoms with Crippen LogP contribution in [-0.2, 0) is 17.8 Å². The maximum Gasteiger partial charge on any atom is 0.318 e. The van der Waals surface area contributed by atoms with E-state index in [1.54, 1.807) is 0 Å². The second-order valence-electron chi connectivity index (χ2n) is 9.10. The summed E-state index contributed by atoms with van der Waals surface area (Å²) < 4.78 is 7.92. The topological polar surface area (TPSA) is 59.4 Å². The highest BCUT2D eigenvalue weighted by Crippen LogP contribution is 2.17. The van der Waals surface area contributed by atoms with Crippen molar-refractivity contribution in [2.24, 2.45) is 0 Å². The number of nitrogens with one attached hydrogen (secondary N) is 1. The molecule has 0 saturated carbocycles. The summed E-state index contributed by atoms with van der Waals surface area (Å²) in [6.07, 6.45) is 5.95. The Morgan fingerprint density at radius 3 is 2.83 bits per heavy atom. The zero-order valence-corrected chi connectivity index (χ0v) is 18.4. The molecular formula is C23H34N4O2. The number of benzene rings is 1. The smallest absolute Gasteiger partial charge is 0.318 e. The molecule has 0 spiro atoms. The van der Waals surface area contributed by atoms with Gasteiger partial charge in [0.2, 0.25) is 0 Å². The molecule has 158 valence electrons. The summed E-state index contributed by atoms with van der Waals surface area (Å²) in [6, 6.07) is 6.43. The first-order chi connectivity index (χ1) is 13.7. The van der Waals surface area contributed by atoms with E-state index in [0.29, 0.717) is 13.1 Å². The van der Waals surface area contributed by atoms with Crippen molar-refractivity contribution in [1.29, 1.82) is 0 Å². The number of carbonyl (C=O) groups excluding carboxylic acids is 1. The quantitative estimate of drug-likeness (QED) is 0.799. The number of rotatable bonds is 6. The minimum absolute atomic E-state index is 0.0747. The molecule has 1 atom stereocenters. The minimum atomic E-state index is -0.292. The molecule has 6 nitrogen and oxygen atoms in total. The van der Waals surface area contributed by atoms with Gasteiger partial charge >= 0.3 is 6.03 Å². The lowest BCUT2D eigenvalue weighted by Gasteiger charge is -2.30. The molecular weight excluding hydrogens is 364 g/mol. The van der Waals surface area contributed by atoms with Crippen molar-refractivity contribution >= 4 is 6.03 Å². The van der Waals surface area contributed by atoms with Crippen LogP contribution in [-0.4, -0.2) is 45.3 Å². The van der Waals surface area contributed by atoms with Gasteiger partial charge in [-0.25, -0.2) is 9.78 Å². The number of imidazole rings is 1. The summed E-state index contributed by atoms with van der Waals surface area (Å²) in [6.45, 7) is 12.8. The Morgan fingerprint density at radius 1 is 1.34 bits per heavy atom.